The van der Waals surface area contributed by atoms with Gasteiger partial charge in [0.2, 0.25) is 0 Å². The number of non-ortho nitro benzene ring substituents is 1. The molecule has 0 saturated carbocycles. The summed E-state index contributed by atoms with van der Waals surface area (Å²) in [5.74, 6) is -1.49. The molecule has 19 heavy (non-hydrogen) atoms. The van der Waals surface area contributed by atoms with Crippen molar-refractivity contribution in [1.82, 2.24) is 5.32 Å². The van der Waals surface area contributed by atoms with Crippen molar-refractivity contribution in [2.45, 2.75) is 26.3 Å². The molecule has 0 radical (unpaired) electrons. The Morgan fingerprint density at radius 2 is 2.11 bits per heavy atom. The Bertz CT molecular complexity index is 529. The van der Waals surface area contributed by atoms with Crippen LogP contribution in [-0.2, 0) is 0 Å². The monoisotopic (exact) mass is 269 g/mol. The zero-order valence-electron chi connectivity index (χ0n) is 11.0. The van der Waals surface area contributed by atoms with E-state index in [-0.39, 0.29) is 23.4 Å². The van der Waals surface area contributed by atoms with Crippen molar-refractivity contribution in [3.05, 3.63) is 39.2 Å². The molecule has 0 aliphatic carbocycles. The van der Waals surface area contributed by atoms with Gasteiger partial charge in [0.05, 0.1) is 10.5 Å². The van der Waals surface area contributed by atoms with Gasteiger partial charge in [-0.3, -0.25) is 14.9 Å². The third-order valence-electron chi connectivity index (χ3n) is 2.66. The van der Waals surface area contributed by atoms with Crippen molar-refractivity contribution in [1.29, 1.82) is 0 Å². The van der Waals surface area contributed by atoms with Crippen LogP contribution in [0.4, 0.5) is 10.1 Å². The van der Waals surface area contributed by atoms with E-state index in [4.69, 9.17) is 5.73 Å². The van der Waals surface area contributed by atoms with Gasteiger partial charge in [-0.25, -0.2) is 4.39 Å². The SMILES string of the molecule is Cc1cc([N+](=O)[O-])cc(C(=O)NC(C)(C)CN)c1F. The molecule has 0 fully saturated rings. The number of amides is 1. The van der Waals surface area contributed by atoms with Crippen LogP contribution in [0.1, 0.15) is 29.8 Å². The van der Waals surface area contributed by atoms with Crippen LogP contribution < -0.4 is 11.1 Å². The predicted octanol–water partition coefficient (Wildman–Crippen LogP) is 1.51. The molecule has 3 N–H and O–H groups in total. The summed E-state index contributed by atoms with van der Waals surface area (Å²) in [4.78, 5) is 22.0. The molecule has 1 amide bonds. The topological polar surface area (TPSA) is 98.3 Å². The number of nitrogens with one attached hydrogen (secondary N) is 1. The molecule has 1 aromatic rings. The van der Waals surface area contributed by atoms with E-state index in [1.807, 2.05) is 0 Å². The first-order valence-electron chi connectivity index (χ1n) is 5.65. The number of hydrogen-bond acceptors (Lipinski definition) is 4. The average Bonchev–Trinajstić information content (AvgIpc) is 2.31. The highest BCUT2D eigenvalue weighted by Crippen LogP contribution is 2.21. The molecule has 0 bridgehead atoms. The van der Waals surface area contributed by atoms with Crippen molar-refractivity contribution >= 4 is 11.6 Å². The Morgan fingerprint density at radius 3 is 2.58 bits per heavy atom. The van der Waals surface area contributed by atoms with Crippen molar-refractivity contribution in [3.8, 4) is 0 Å². The Hall–Kier alpha value is -2.02. The first kappa shape index (κ1) is 15.0. The van der Waals surface area contributed by atoms with Gasteiger partial charge < -0.3 is 11.1 Å². The van der Waals surface area contributed by atoms with Crippen LogP contribution in [0.15, 0.2) is 12.1 Å². The summed E-state index contributed by atoms with van der Waals surface area (Å²) >= 11 is 0. The van der Waals surface area contributed by atoms with Gasteiger partial charge in [-0.15, -0.1) is 0 Å². The molecule has 104 valence electrons. The molecule has 1 aromatic carbocycles. The molecule has 0 unspecified atom stereocenters. The van der Waals surface area contributed by atoms with E-state index < -0.39 is 22.2 Å². The minimum Gasteiger partial charge on any atom is -0.346 e. The normalized spacial score (nSPS) is 11.2. The van der Waals surface area contributed by atoms with E-state index in [1.165, 1.54) is 6.92 Å². The lowest BCUT2D eigenvalue weighted by Crippen LogP contribution is -2.49. The molecular formula is C12H16FN3O3. The van der Waals surface area contributed by atoms with Crippen molar-refractivity contribution in [2.75, 3.05) is 6.54 Å². The highest BCUT2D eigenvalue weighted by Gasteiger charge is 2.24. The lowest BCUT2D eigenvalue weighted by molar-refractivity contribution is -0.385. The Kier molecular flexibility index (Phi) is 4.21. The fourth-order valence-corrected chi connectivity index (χ4v) is 1.45. The fourth-order valence-electron chi connectivity index (χ4n) is 1.45. The number of nitro benzene ring substituents is 1. The summed E-state index contributed by atoms with van der Waals surface area (Å²) in [5, 5.41) is 13.2. The van der Waals surface area contributed by atoms with Gasteiger partial charge in [0, 0.05) is 24.2 Å². The van der Waals surface area contributed by atoms with Crippen LogP contribution in [0.5, 0.6) is 0 Å². The Balaban J connectivity index is 3.19. The molecule has 6 nitrogen and oxygen atoms in total. The largest absolute Gasteiger partial charge is 0.346 e. The number of rotatable bonds is 4. The Morgan fingerprint density at radius 1 is 1.53 bits per heavy atom. The van der Waals surface area contributed by atoms with Gasteiger partial charge in [-0.05, 0) is 26.3 Å². The van der Waals surface area contributed by atoms with Crippen LogP contribution in [0, 0.1) is 22.9 Å². The first-order chi connectivity index (χ1) is 8.68. The third-order valence-corrected chi connectivity index (χ3v) is 2.66. The number of aryl methyl sites for hydroxylation is 1. The minimum atomic E-state index is -0.768. The van der Waals surface area contributed by atoms with Crippen LogP contribution >= 0.6 is 0 Å². The van der Waals surface area contributed by atoms with Crippen molar-refractivity contribution in [3.63, 3.8) is 0 Å². The maximum atomic E-state index is 13.9. The minimum absolute atomic E-state index is 0.0462. The van der Waals surface area contributed by atoms with E-state index in [9.17, 15) is 19.3 Å². The zero-order valence-corrected chi connectivity index (χ0v) is 11.0. The van der Waals surface area contributed by atoms with Crippen LogP contribution in [0.25, 0.3) is 0 Å². The first-order valence-corrected chi connectivity index (χ1v) is 5.65. The van der Waals surface area contributed by atoms with Crippen molar-refractivity contribution < 1.29 is 14.1 Å². The van der Waals surface area contributed by atoms with Gasteiger partial charge in [-0.1, -0.05) is 0 Å². The summed E-state index contributed by atoms with van der Waals surface area (Å²) < 4.78 is 13.9. The molecule has 0 atom stereocenters. The van der Waals surface area contributed by atoms with Crippen LogP contribution in [-0.4, -0.2) is 22.9 Å². The maximum absolute atomic E-state index is 13.9. The highest BCUT2D eigenvalue weighted by molar-refractivity contribution is 5.95. The quantitative estimate of drug-likeness (QED) is 0.639. The number of nitrogens with two attached hydrogens (primary N) is 1. The second-order valence-electron chi connectivity index (χ2n) is 4.92. The second kappa shape index (κ2) is 5.31. The van der Waals surface area contributed by atoms with Gasteiger partial charge in [0.15, 0.2) is 0 Å². The highest BCUT2D eigenvalue weighted by atomic mass is 19.1. The maximum Gasteiger partial charge on any atom is 0.270 e. The lowest BCUT2D eigenvalue weighted by Gasteiger charge is -2.24. The molecule has 0 heterocycles. The van der Waals surface area contributed by atoms with E-state index >= 15 is 0 Å². The smallest absolute Gasteiger partial charge is 0.270 e. The summed E-state index contributed by atoms with van der Waals surface area (Å²) in [6.45, 7) is 4.88. The molecule has 7 heteroatoms. The molecular weight excluding hydrogens is 253 g/mol. The third kappa shape index (κ3) is 3.47. The number of carbonyl (C=O) groups is 1. The molecule has 0 aromatic heterocycles. The van der Waals surface area contributed by atoms with E-state index in [0.29, 0.717) is 0 Å². The molecule has 0 saturated heterocycles. The van der Waals surface area contributed by atoms with E-state index in [0.717, 1.165) is 12.1 Å². The predicted molar refractivity (Wildman–Crippen MR) is 68.4 cm³/mol. The summed E-state index contributed by atoms with van der Waals surface area (Å²) in [7, 11) is 0. The van der Waals surface area contributed by atoms with E-state index in [2.05, 4.69) is 5.32 Å². The van der Waals surface area contributed by atoms with Gasteiger partial charge in [0.25, 0.3) is 11.6 Å². The molecule has 0 aliphatic rings. The van der Waals surface area contributed by atoms with Gasteiger partial charge in [0.1, 0.15) is 5.82 Å². The second-order valence-corrected chi connectivity index (χ2v) is 4.92. The number of halogens is 1. The number of carbonyl (C=O) groups excluding carboxylic acids is 1. The summed E-state index contributed by atoms with van der Waals surface area (Å²) in [6, 6.07) is 2.00. The zero-order chi connectivity index (χ0) is 14.8. The van der Waals surface area contributed by atoms with Gasteiger partial charge >= 0.3 is 0 Å². The lowest BCUT2D eigenvalue weighted by atomic mass is 10.0. The standard InChI is InChI=1S/C12H16FN3O3/c1-7-4-8(16(18)19)5-9(10(7)13)11(17)15-12(2,3)6-14/h4-5H,6,14H2,1-3H3,(H,15,17). The summed E-state index contributed by atoms with van der Waals surface area (Å²) in [5.41, 5.74) is 4.11. The molecule has 0 spiro atoms. The number of hydrogen-bond donors (Lipinski definition) is 2. The Labute approximate surface area is 109 Å². The van der Waals surface area contributed by atoms with E-state index in [1.54, 1.807) is 13.8 Å². The van der Waals surface area contributed by atoms with Gasteiger partial charge in [-0.2, -0.15) is 0 Å². The number of benzene rings is 1. The number of nitro groups is 1. The van der Waals surface area contributed by atoms with Crippen LogP contribution in [0.3, 0.4) is 0 Å². The van der Waals surface area contributed by atoms with Crippen molar-refractivity contribution in [2.24, 2.45) is 5.73 Å². The fraction of sp³-hybridized carbons (Fsp3) is 0.417. The number of nitrogens with zero attached hydrogens (tertiary/aromatic N) is 1. The average molecular weight is 269 g/mol. The van der Waals surface area contributed by atoms with Crippen LogP contribution in [0.2, 0.25) is 0 Å². The molecule has 1 rings (SSSR count). The molecule has 0 aliphatic heterocycles. The summed E-state index contributed by atoms with van der Waals surface area (Å²) in [6.07, 6.45) is 0.